The normalized spacial score (nSPS) is 39.0. The number of carbonyl (C=O) groups is 3. The topological polar surface area (TPSA) is 92.5 Å². The number of carbonyl (C=O) groups excluding carboxylic acids is 3. The Kier molecular flexibility index (Phi) is 4.64. The first-order valence-electron chi connectivity index (χ1n) is 11.3. The molecule has 7 atom stereocenters. The summed E-state index contributed by atoms with van der Waals surface area (Å²) in [6.45, 7) is 2.78. The summed E-state index contributed by atoms with van der Waals surface area (Å²) in [5.41, 5.74) is 5.89. The third kappa shape index (κ3) is 2.95. The summed E-state index contributed by atoms with van der Waals surface area (Å²) in [5, 5.41) is 2.84. The summed E-state index contributed by atoms with van der Waals surface area (Å²) in [7, 11) is 0. The molecule has 160 valence electrons. The Morgan fingerprint density at radius 3 is 2.53 bits per heavy atom. The van der Waals surface area contributed by atoms with Gasteiger partial charge < -0.3 is 16.0 Å². The van der Waals surface area contributed by atoms with Gasteiger partial charge in [0.1, 0.15) is 5.41 Å². The quantitative estimate of drug-likeness (QED) is 0.729. The highest BCUT2D eigenvalue weighted by molar-refractivity contribution is 6.06. The van der Waals surface area contributed by atoms with E-state index in [0.717, 1.165) is 31.2 Å². The van der Waals surface area contributed by atoms with Crippen molar-refractivity contribution in [3.63, 3.8) is 0 Å². The number of hydrogen-bond donors (Lipinski definition) is 2. The van der Waals surface area contributed by atoms with Crippen LogP contribution in [0.4, 0.5) is 0 Å². The molecule has 7 unspecified atom stereocenters. The first kappa shape index (κ1) is 19.6. The van der Waals surface area contributed by atoms with Gasteiger partial charge >= 0.3 is 0 Å². The second-order valence-corrected chi connectivity index (χ2v) is 10.2. The Balaban J connectivity index is 1.53. The second kappa shape index (κ2) is 7.10. The first-order valence-corrected chi connectivity index (χ1v) is 11.3. The average Bonchev–Trinajstić information content (AvgIpc) is 3.06. The van der Waals surface area contributed by atoms with Crippen molar-refractivity contribution in [2.45, 2.75) is 51.6 Å². The van der Waals surface area contributed by atoms with Crippen LogP contribution >= 0.6 is 0 Å². The third-order valence-corrected chi connectivity index (χ3v) is 8.40. The van der Waals surface area contributed by atoms with E-state index < -0.39 is 5.41 Å². The van der Waals surface area contributed by atoms with Gasteiger partial charge in [-0.1, -0.05) is 30.3 Å². The molecule has 5 fully saturated rings. The fourth-order valence-corrected chi connectivity index (χ4v) is 7.16. The fourth-order valence-electron chi connectivity index (χ4n) is 7.16. The van der Waals surface area contributed by atoms with Crippen molar-refractivity contribution in [3.05, 3.63) is 35.9 Å². The molecule has 6 nitrogen and oxygen atoms in total. The molecule has 0 spiro atoms. The highest BCUT2D eigenvalue weighted by atomic mass is 16.2. The summed E-state index contributed by atoms with van der Waals surface area (Å²) >= 11 is 0. The van der Waals surface area contributed by atoms with Crippen LogP contribution in [-0.2, 0) is 20.9 Å². The summed E-state index contributed by atoms with van der Waals surface area (Å²) in [5.74, 6) is 0.862. The van der Waals surface area contributed by atoms with Gasteiger partial charge in [0.25, 0.3) is 0 Å². The second-order valence-electron chi connectivity index (χ2n) is 10.2. The number of amides is 3. The lowest BCUT2D eigenvalue weighted by Crippen LogP contribution is -2.64. The lowest BCUT2D eigenvalue weighted by Gasteiger charge is -2.60. The maximum Gasteiger partial charge on any atom is 0.238 e. The monoisotopic (exact) mass is 409 g/mol. The highest BCUT2D eigenvalue weighted by Gasteiger charge is 2.59. The van der Waals surface area contributed by atoms with Crippen LogP contribution in [0.15, 0.2) is 30.3 Å². The van der Waals surface area contributed by atoms with Gasteiger partial charge in [0, 0.05) is 25.0 Å². The molecular weight excluding hydrogens is 378 g/mol. The first-order chi connectivity index (χ1) is 14.4. The standard InChI is InChI=1S/C24H31N3O3/c1-24(7-8-26-22(24)29)23(30)27(13-14-5-3-2-4-6-14)20-17-10-15-9-16(12-17)19(21(25)28)18(20)11-15/h2-6,15-20H,7-13H2,1H3,(H2,25,28)(H,26,29). The van der Waals surface area contributed by atoms with Gasteiger partial charge in [0.2, 0.25) is 17.7 Å². The van der Waals surface area contributed by atoms with E-state index in [1.807, 2.05) is 35.2 Å². The van der Waals surface area contributed by atoms with Crippen LogP contribution in [0, 0.1) is 35.0 Å². The van der Waals surface area contributed by atoms with E-state index in [0.29, 0.717) is 37.3 Å². The minimum atomic E-state index is -1.04. The van der Waals surface area contributed by atoms with Gasteiger partial charge in [-0.25, -0.2) is 0 Å². The molecule has 3 N–H and O–H groups in total. The van der Waals surface area contributed by atoms with Crippen molar-refractivity contribution in [3.8, 4) is 0 Å². The van der Waals surface area contributed by atoms with E-state index in [9.17, 15) is 14.4 Å². The molecule has 1 aliphatic heterocycles. The number of benzene rings is 1. The van der Waals surface area contributed by atoms with Crippen LogP contribution in [0.2, 0.25) is 0 Å². The lowest BCUT2D eigenvalue weighted by atomic mass is 9.49. The van der Waals surface area contributed by atoms with Gasteiger partial charge in [-0.15, -0.1) is 0 Å². The molecule has 6 rings (SSSR count). The Morgan fingerprint density at radius 1 is 1.13 bits per heavy atom. The van der Waals surface area contributed by atoms with Crippen molar-refractivity contribution in [2.75, 3.05) is 6.54 Å². The van der Waals surface area contributed by atoms with Crippen LogP contribution in [0.25, 0.3) is 0 Å². The average molecular weight is 410 g/mol. The Morgan fingerprint density at radius 2 is 1.87 bits per heavy atom. The highest BCUT2D eigenvalue weighted by Crippen LogP contribution is 2.58. The molecule has 0 aromatic heterocycles. The van der Waals surface area contributed by atoms with Gasteiger partial charge in [0.15, 0.2) is 0 Å². The van der Waals surface area contributed by atoms with Gasteiger partial charge in [0.05, 0.1) is 0 Å². The molecule has 5 aliphatic rings. The lowest BCUT2D eigenvalue weighted by molar-refractivity contribution is -0.166. The van der Waals surface area contributed by atoms with Crippen molar-refractivity contribution in [1.29, 1.82) is 0 Å². The molecule has 1 aromatic carbocycles. The van der Waals surface area contributed by atoms with E-state index in [1.54, 1.807) is 6.92 Å². The summed E-state index contributed by atoms with van der Waals surface area (Å²) in [6.07, 6.45) is 4.66. The molecule has 4 bridgehead atoms. The van der Waals surface area contributed by atoms with E-state index in [1.165, 1.54) is 0 Å². The van der Waals surface area contributed by atoms with Crippen LogP contribution < -0.4 is 11.1 Å². The summed E-state index contributed by atoms with van der Waals surface area (Å²) < 4.78 is 0. The van der Waals surface area contributed by atoms with Crippen LogP contribution in [0.3, 0.4) is 0 Å². The molecule has 30 heavy (non-hydrogen) atoms. The van der Waals surface area contributed by atoms with Crippen molar-refractivity contribution in [2.24, 2.45) is 40.7 Å². The number of primary amides is 1. The minimum absolute atomic E-state index is 0.0202. The summed E-state index contributed by atoms with van der Waals surface area (Å²) in [4.78, 5) is 40.9. The summed E-state index contributed by atoms with van der Waals surface area (Å²) in [6, 6.07) is 9.95. The van der Waals surface area contributed by atoms with Crippen LogP contribution in [-0.4, -0.2) is 35.2 Å². The van der Waals surface area contributed by atoms with Gasteiger partial charge in [-0.2, -0.15) is 0 Å². The Labute approximate surface area is 177 Å². The van der Waals surface area contributed by atoms with E-state index >= 15 is 0 Å². The number of nitrogens with one attached hydrogen (secondary N) is 1. The molecule has 1 heterocycles. The molecule has 1 saturated heterocycles. The third-order valence-electron chi connectivity index (χ3n) is 8.40. The number of nitrogens with two attached hydrogens (primary N) is 1. The molecular formula is C24H31N3O3. The zero-order valence-corrected chi connectivity index (χ0v) is 17.5. The predicted octanol–water partition coefficient (Wildman–Crippen LogP) is 2.08. The molecule has 6 heteroatoms. The van der Waals surface area contributed by atoms with Gasteiger partial charge in [-0.3, -0.25) is 14.4 Å². The molecule has 3 amide bonds. The number of nitrogens with zero attached hydrogens (tertiary/aromatic N) is 1. The van der Waals surface area contributed by atoms with E-state index in [4.69, 9.17) is 5.73 Å². The van der Waals surface area contributed by atoms with Crippen molar-refractivity contribution in [1.82, 2.24) is 10.2 Å². The van der Waals surface area contributed by atoms with Gasteiger partial charge in [-0.05, 0) is 68.3 Å². The Hall–Kier alpha value is -2.37. The van der Waals surface area contributed by atoms with E-state index in [2.05, 4.69) is 5.32 Å². The zero-order valence-electron chi connectivity index (χ0n) is 17.5. The SMILES string of the molecule is CC1(C(=O)N(Cc2ccccc2)C2C3CC4CC(C3)C(C(N)=O)C2C4)CCNC1=O. The predicted molar refractivity (Wildman–Crippen MR) is 112 cm³/mol. The maximum atomic E-state index is 13.9. The van der Waals surface area contributed by atoms with Crippen LogP contribution in [0.1, 0.15) is 44.6 Å². The smallest absolute Gasteiger partial charge is 0.238 e. The number of rotatable bonds is 5. The minimum Gasteiger partial charge on any atom is -0.369 e. The number of hydrogen-bond acceptors (Lipinski definition) is 3. The molecule has 0 radical (unpaired) electrons. The largest absolute Gasteiger partial charge is 0.369 e. The molecule has 4 saturated carbocycles. The van der Waals surface area contributed by atoms with Crippen LogP contribution in [0.5, 0.6) is 0 Å². The van der Waals surface area contributed by atoms with E-state index in [-0.39, 0.29) is 35.6 Å². The molecule has 1 aromatic rings. The zero-order chi connectivity index (χ0) is 21.0. The van der Waals surface area contributed by atoms with Crippen molar-refractivity contribution >= 4 is 17.7 Å². The Bertz CT molecular complexity index is 872. The maximum absolute atomic E-state index is 13.9. The van der Waals surface area contributed by atoms with Crippen molar-refractivity contribution < 1.29 is 14.4 Å². The molecule has 4 aliphatic carbocycles. The fraction of sp³-hybridized carbons (Fsp3) is 0.625.